The SMILES string of the molecule is Brc1ccc2c(c1)c1ccccc1c1nnc(-c3ccc4ccccc4c3)n21. The van der Waals surface area contributed by atoms with Crippen molar-refractivity contribution in [2.75, 3.05) is 0 Å². The molecule has 0 aliphatic rings. The van der Waals surface area contributed by atoms with Gasteiger partial charge < -0.3 is 0 Å². The number of nitrogens with zero attached hydrogens (tertiary/aromatic N) is 3. The molecule has 0 spiro atoms. The molecule has 2 aromatic heterocycles. The average molecular weight is 424 g/mol. The molecular weight excluding hydrogens is 410 g/mol. The highest BCUT2D eigenvalue weighted by atomic mass is 79.9. The quantitative estimate of drug-likeness (QED) is 0.278. The maximum absolute atomic E-state index is 4.60. The fraction of sp³-hybridized carbons (Fsp3) is 0. The van der Waals surface area contributed by atoms with Gasteiger partial charge in [0.1, 0.15) is 0 Å². The summed E-state index contributed by atoms with van der Waals surface area (Å²) in [5, 5.41) is 15.1. The van der Waals surface area contributed by atoms with E-state index in [1.165, 1.54) is 21.5 Å². The highest BCUT2D eigenvalue weighted by Crippen LogP contribution is 2.34. The smallest absolute Gasteiger partial charge is 0.169 e. The number of rotatable bonds is 1. The first-order valence-corrected chi connectivity index (χ1v) is 9.93. The van der Waals surface area contributed by atoms with Crippen molar-refractivity contribution in [3.63, 3.8) is 0 Å². The third-order valence-electron chi connectivity index (χ3n) is 5.33. The lowest BCUT2D eigenvalue weighted by atomic mass is 10.0. The Bertz CT molecular complexity index is 1530. The predicted molar refractivity (Wildman–Crippen MR) is 119 cm³/mol. The molecular formula is C24H14BrN3. The van der Waals surface area contributed by atoms with Gasteiger partial charge in [-0.3, -0.25) is 4.40 Å². The van der Waals surface area contributed by atoms with Crippen molar-refractivity contribution < 1.29 is 0 Å². The van der Waals surface area contributed by atoms with Gasteiger partial charge in [-0.2, -0.15) is 0 Å². The second-order valence-electron chi connectivity index (χ2n) is 6.95. The number of aromatic nitrogens is 3. The van der Waals surface area contributed by atoms with Crippen molar-refractivity contribution in [2.45, 2.75) is 0 Å². The van der Waals surface area contributed by atoms with Crippen LogP contribution in [0.3, 0.4) is 0 Å². The molecule has 4 heteroatoms. The lowest BCUT2D eigenvalue weighted by Gasteiger charge is -2.10. The topological polar surface area (TPSA) is 30.2 Å². The number of pyridine rings is 1. The molecule has 0 fully saturated rings. The lowest BCUT2D eigenvalue weighted by Crippen LogP contribution is -1.94. The molecule has 4 aromatic carbocycles. The highest BCUT2D eigenvalue weighted by molar-refractivity contribution is 9.10. The first-order valence-electron chi connectivity index (χ1n) is 9.14. The molecule has 0 bridgehead atoms. The fourth-order valence-corrected chi connectivity index (χ4v) is 4.40. The van der Waals surface area contributed by atoms with E-state index in [-0.39, 0.29) is 0 Å². The molecule has 0 aliphatic heterocycles. The van der Waals surface area contributed by atoms with Gasteiger partial charge in [-0.1, -0.05) is 76.6 Å². The summed E-state index contributed by atoms with van der Waals surface area (Å²) in [6.45, 7) is 0. The van der Waals surface area contributed by atoms with E-state index in [1.807, 2.05) is 0 Å². The van der Waals surface area contributed by atoms with Crippen molar-refractivity contribution in [1.82, 2.24) is 14.6 Å². The molecule has 6 aromatic rings. The summed E-state index contributed by atoms with van der Waals surface area (Å²) >= 11 is 3.62. The third kappa shape index (κ3) is 2.21. The Labute approximate surface area is 169 Å². The average Bonchev–Trinajstić information content (AvgIpc) is 3.19. The van der Waals surface area contributed by atoms with Crippen LogP contribution >= 0.6 is 15.9 Å². The van der Waals surface area contributed by atoms with E-state index in [9.17, 15) is 0 Å². The number of hydrogen-bond donors (Lipinski definition) is 0. The Kier molecular flexibility index (Phi) is 3.31. The maximum atomic E-state index is 4.60. The van der Waals surface area contributed by atoms with Gasteiger partial charge in [-0.25, -0.2) is 0 Å². The molecule has 0 unspecified atom stereocenters. The second kappa shape index (κ2) is 5.88. The highest BCUT2D eigenvalue weighted by Gasteiger charge is 2.16. The minimum absolute atomic E-state index is 0.860. The third-order valence-corrected chi connectivity index (χ3v) is 5.82. The molecule has 28 heavy (non-hydrogen) atoms. The molecule has 6 rings (SSSR count). The largest absolute Gasteiger partial charge is 0.274 e. The summed E-state index contributed by atoms with van der Waals surface area (Å²) in [5.74, 6) is 0.860. The summed E-state index contributed by atoms with van der Waals surface area (Å²) in [6, 6.07) is 29.6. The van der Waals surface area contributed by atoms with Crippen LogP contribution in [-0.2, 0) is 0 Å². The number of hydrogen-bond acceptors (Lipinski definition) is 2. The van der Waals surface area contributed by atoms with Crippen molar-refractivity contribution in [1.29, 1.82) is 0 Å². The number of benzene rings is 4. The van der Waals surface area contributed by atoms with E-state index in [2.05, 4.69) is 115 Å². The molecule has 0 aliphatic carbocycles. The normalized spacial score (nSPS) is 11.8. The molecule has 0 atom stereocenters. The van der Waals surface area contributed by atoms with Crippen LogP contribution in [0.5, 0.6) is 0 Å². The van der Waals surface area contributed by atoms with Crippen LogP contribution in [0.4, 0.5) is 0 Å². The van der Waals surface area contributed by atoms with E-state index in [0.29, 0.717) is 0 Å². The molecule has 0 radical (unpaired) electrons. The first kappa shape index (κ1) is 15.8. The van der Waals surface area contributed by atoms with E-state index in [1.54, 1.807) is 0 Å². The first-order chi connectivity index (χ1) is 13.8. The van der Waals surface area contributed by atoms with Crippen molar-refractivity contribution in [3.05, 3.63) is 89.4 Å². The van der Waals surface area contributed by atoms with E-state index in [0.717, 1.165) is 32.4 Å². The van der Waals surface area contributed by atoms with Crippen LogP contribution in [0.2, 0.25) is 0 Å². The van der Waals surface area contributed by atoms with Gasteiger partial charge in [0.25, 0.3) is 0 Å². The van der Waals surface area contributed by atoms with Crippen molar-refractivity contribution in [2.24, 2.45) is 0 Å². The van der Waals surface area contributed by atoms with Crippen LogP contribution in [-0.4, -0.2) is 14.6 Å². The van der Waals surface area contributed by atoms with Gasteiger partial charge in [0, 0.05) is 20.8 Å². The van der Waals surface area contributed by atoms with Gasteiger partial charge in [-0.05, 0) is 40.4 Å². The van der Waals surface area contributed by atoms with E-state index < -0.39 is 0 Å². The Morgan fingerprint density at radius 3 is 2.32 bits per heavy atom. The second-order valence-corrected chi connectivity index (χ2v) is 7.87. The number of halogens is 1. The maximum Gasteiger partial charge on any atom is 0.169 e. The van der Waals surface area contributed by atoms with Crippen molar-refractivity contribution >= 4 is 54.0 Å². The standard InChI is InChI=1S/C24H14BrN3/c25-18-11-12-22-21(14-18)19-7-3-4-8-20(19)24-27-26-23(28(22)24)17-10-9-15-5-1-2-6-16(15)13-17/h1-14H. The summed E-state index contributed by atoms with van der Waals surface area (Å²) in [7, 11) is 0. The Balaban J connectivity index is 1.78. The van der Waals surface area contributed by atoms with Crippen LogP contribution in [0.1, 0.15) is 0 Å². The van der Waals surface area contributed by atoms with Gasteiger partial charge in [0.2, 0.25) is 0 Å². The van der Waals surface area contributed by atoms with E-state index in [4.69, 9.17) is 0 Å². The van der Waals surface area contributed by atoms with Crippen LogP contribution in [0, 0.1) is 0 Å². The van der Waals surface area contributed by atoms with Gasteiger partial charge in [0.05, 0.1) is 5.52 Å². The Morgan fingerprint density at radius 2 is 1.43 bits per heavy atom. The Hall–Kier alpha value is -3.24. The van der Waals surface area contributed by atoms with Gasteiger partial charge >= 0.3 is 0 Å². The summed E-state index contributed by atoms with van der Waals surface area (Å²) in [4.78, 5) is 0. The fourth-order valence-electron chi connectivity index (χ4n) is 4.03. The number of fused-ring (bicyclic) bond motifs is 7. The van der Waals surface area contributed by atoms with Crippen LogP contribution in [0.25, 0.3) is 49.5 Å². The van der Waals surface area contributed by atoms with Crippen LogP contribution < -0.4 is 0 Å². The minimum Gasteiger partial charge on any atom is -0.274 e. The van der Waals surface area contributed by atoms with Gasteiger partial charge in [-0.15, -0.1) is 10.2 Å². The molecule has 3 nitrogen and oxygen atoms in total. The Morgan fingerprint density at radius 1 is 0.643 bits per heavy atom. The predicted octanol–water partition coefficient (Wildman–Crippen LogP) is 6.62. The zero-order valence-corrected chi connectivity index (χ0v) is 16.4. The molecule has 0 saturated heterocycles. The zero-order chi connectivity index (χ0) is 18.7. The molecule has 132 valence electrons. The summed E-state index contributed by atoms with van der Waals surface area (Å²) in [6.07, 6.45) is 0. The molecule has 0 N–H and O–H groups in total. The van der Waals surface area contributed by atoms with Gasteiger partial charge in [0.15, 0.2) is 11.5 Å². The molecule has 2 heterocycles. The monoisotopic (exact) mass is 423 g/mol. The molecule has 0 saturated carbocycles. The lowest BCUT2D eigenvalue weighted by molar-refractivity contribution is 1.12. The van der Waals surface area contributed by atoms with E-state index >= 15 is 0 Å². The zero-order valence-electron chi connectivity index (χ0n) is 14.8. The van der Waals surface area contributed by atoms with Crippen LogP contribution in [0.15, 0.2) is 89.4 Å². The minimum atomic E-state index is 0.860. The molecule has 0 amide bonds. The summed E-state index contributed by atoms with van der Waals surface area (Å²) in [5.41, 5.74) is 3.05. The summed E-state index contributed by atoms with van der Waals surface area (Å²) < 4.78 is 3.23. The van der Waals surface area contributed by atoms with Crippen molar-refractivity contribution in [3.8, 4) is 11.4 Å².